The summed E-state index contributed by atoms with van der Waals surface area (Å²) in [7, 11) is 0. The highest BCUT2D eigenvalue weighted by Gasteiger charge is 2.15. The lowest BCUT2D eigenvalue weighted by Gasteiger charge is -2.19. The summed E-state index contributed by atoms with van der Waals surface area (Å²) in [6.07, 6.45) is 0. The zero-order chi connectivity index (χ0) is 19.8. The summed E-state index contributed by atoms with van der Waals surface area (Å²) in [4.78, 5) is 24.4. The fourth-order valence-corrected chi connectivity index (χ4v) is 3.26. The van der Waals surface area contributed by atoms with Gasteiger partial charge >= 0.3 is 0 Å². The molecule has 0 spiro atoms. The Hall–Kier alpha value is -2.96. The molecular formula is C22H20BrN3O2. The van der Waals surface area contributed by atoms with Gasteiger partial charge in [0.1, 0.15) is 0 Å². The third kappa shape index (κ3) is 5.28. The summed E-state index contributed by atoms with van der Waals surface area (Å²) in [6, 6.07) is 26.7. The predicted molar refractivity (Wildman–Crippen MR) is 112 cm³/mol. The monoisotopic (exact) mass is 437 g/mol. The lowest BCUT2D eigenvalue weighted by Crippen LogP contribution is -2.46. The summed E-state index contributed by atoms with van der Waals surface area (Å²) >= 11 is 3.32. The van der Waals surface area contributed by atoms with E-state index in [1.165, 1.54) is 0 Å². The van der Waals surface area contributed by atoms with E-state index in [9.17, 15) is 9.59 Å². The Balaban J connectivity index is 1.60. The average Bonchev–Trinajstić information content (AvgIpc) is 2.74. The van der Waals surface area contributed by atoms with Crippen molar-refractivity contribution in [2.45, 2.75) is 6.04 Å². The van der Waals surface area contributed by atoms with Crippen molar-refractivity contribution < 1.29 is 9.59 Å². The van der Waals surface area contributed by atoms with Gasteiger partial charge in [0.15, 0.2) is 0 Å². The van der Waals surface area contributed by atoms with Crippen molar-refractivity contribution >= 4 is 27.7 Å². The molecular weight excluding hydrogens is 418 g/mol. The van der Waals surface area contributed by atoms with Crippen molar-refractivity contribution in [3.8, 4) is 0 Å². The first kappa shape index (κ1) is 19.8. The number of hydrogen-bond donors (Lipinski definition) is 3. The van der Waals surface area contributed by atoms with Gasteiger partial charge in [-0.05, 0) is 39.2 Å². The van der Waals surface area contributed by atoms with Crippen molar-refractivity contribution in [2.75, 3.05) is 6.54 Å². The number of benzene rings is 3. The fraction of sp³-hybridized carbons (Fsp3) is 0.0909. The topological polar surface area (TPSA) is 70.2 Å². The summed E-state index contributed by atoms with van der Waals surface area (Å²) in [5, 5.41) is 3.25. The van der Waals surface area contributed by atoms with Crippen molar-refractivity contribution in [3.63, 3.8) is 0 Å². The number of amides is 2. The summed E-state index contributed by atoms with van der Waals surface area (Å²) in [6.45, 7) is 0.0463. The van der Waals surface area contributed by atoms with Crippen LogP contribution in [0.3, 0.4) is 0 Å². The first-order chi connectivity index (χ1) is 13.6. The Morgan fingerprint density at radius 2 is 1.29 bits per heavy atom. The molecule has 3 rings (SSSR count). The van der Waals surface area contributed by atoms with Crippen molar-refractivity contribution in [1.82, 2.24) is 16.2 Å². The van der Waals surface area contributed by atoms with Crippen molar-refractivity contribution in [3.05, 3.63) is 106 Å². The highest BCUT2D eigenvalue weighted by atomic mass is 79.9. The number of nitrogens with one attached hydrogen (secondary N) is 3. The van der Waals surface area contributed by atoms with Crippen LogP contribution in [0.2, 0.25) is 0 Å². The third-order valence-corrected chi connectivity index (χ3v) is 4.86. The second kappa shape index (κ2) is 9.82. The molecule has 0 aliphatic carbocycles. The van der Waals surface area contributed by atoms with E-state index in [4.69, 9.17) is 0 Å². The molecule has 0 unspecified atom stereocenters. The molecule has 0 aromatic heterocycles. The van der Waals surface area contributed by atoms with Crippen LogP contribution in [0.5, 0.6) is 0 Å². The molecule has 3 aromatic carbocycles. The quantitative estimate of drug-likeness (QED) is 0.516. The standard InChI is InChI=1S/C22H20BrN3O2/c23-19-14-8-7-13-18(19)22(28)26-25-20(27)15-24-21(16-9-3-1-4-10-16)17-11-5-2-6-12-17/h1-14,21,24H,15H2,(H,25,27)(H,26,28). The predicted octanol–water partition coefficient (Wildman–Crippen LogP) is 3.59. The van der Waals surface area contributed by atoms with E-state index in [1.54, 1.807) is 18.2 Å². The summed E-state index contributed by atoms with van der Waals surface area (Å²) in [5.74, 6) is -0.722. The molecule has 6 heteroatoms. The molecule has 3 aromatic rings. The van der Waals surface area contributed by atoms with Crippen LogP contribution >= 0.6 is 15.9 Å². The van der Waals surface area contributed by atoms with E-state index < -0.39 is 0 Å². The fourth-order valence-electron chi connectivity index (χ4n) is 2.80. The first-order valence-corrected chi connectivity index (χ1v) is 9.61. The van der Waals surface area contributed by atoms with Gasteiger partial charge in [0, 0.05) is 4.47 Å². The minimum atomic E-state index is -0.386. The average molecular weight is 438 g/mol. The molecule has 0 bridgehead atoms. The van der Waals surface area contributed by atoms with Gasteiger partial charge in [-0.3, -0.25) is 25.8 Å². The molecule has 3 N–H and O–H groups in total. The zero-order valence-corrected chi connectivity index (χ0v) is 16.6. The normalized spacial score (nSPS) is 10.5. The molecule has 0 fully saturated rings. The maximum absolute atomic E-state index is 12.2. The van der Waals surface area contributed by atoms with E-state index in [-0.39, 0.29) is 24.4 Å². The van der Waals surface area contributed by atoms with Crippen LogP contribution in [0, 0.1) is 0 Å². The number of hydrogen-bond acceptors (Lipinski definition) is 3. The van der Waals surface area contributed by atoms with Gasteiger partial charge in [0.2, 0.25) is 0 Å². The molecule has 142 valence electrons. The van der Waals surface area contributed by atoms with Crippen molar-refractivity contribution in [2.24, 2.45) is 0 Å². The summed E-state index contributed by atoms with van der Waals surface area (Å²) < 4.78 is 0.660. The van der Waals surface area contributed by atoms with Gasteiger partial charge in [0.25, 0.3) is 11.8 Å². The van der Waals surface area contributed by atoms with E-state index in [1.807, 2.05) is 66.7 Å². The lowest BCUT2D eigenvalue weighted by molar-refractivity contribution is -0.121. The number of carbonyl (C=O) groups is 2. The lowest BCUT2D eigenvalue weighted by atomic mass is 9.99. The zero-order valence-electron chi connectivity index (χ0n) is 15.1. The molecule has 0 saturated heterocycles. The molecule has 0 radical (unpaired) electrons. The molecule has 0 aliphatic heterocycles. The second-order valence-electron chi connectivity index (χ2n) is 6.12. The second-order valence-corrected chi connectivity index (χ2v) is 6.97. The van der Waals surface area contributed by atoms with E-state index in [0.29, 0.717) is 10.0 Å². The Bertz CT molecular complexity index is 893. The SMILES string of the molecule is O=C(CNC(c1ccccc1)c1ccccc1)NNC(=O)c1ccccc1Br. The molecule has 0 atom stereocenters. The number of halogens is 1. The number of hydrazine groups is 1. The highest BCUT2D eigenvalue weighted by molar-refractivity contribution is 9.10. The van der Waals surface area contributed by atoms with Crippen LogP contribution in [0.15, 0.2) is 89.4 Å². The Morgan fingerprint density at radius 1 is 0.750 bits per heavy atom. The number of carbonyl (C=O) groups excluding carboxylic acids is 2. The van der Waals surface area contributed by atoms with Crippen LogP contribution < -0.4 is 16.2 Å². The number of rotatable bonds is 6. The van der Waals surface area contributed by atoms with Gasteiger partial charge in [-0.2, -0.15) is 0 Å². The van der Waals surface area contributed by atoms with Crippen LogP contribution in [-0.2, 0) is 4.79 Å². The highest BCUT2D eigenvalue weighted by Crippen LogP contribution is 2.21. The minimum Gasteiger partial charge on any atom is -0.298 e. The van der Waals surface area contributed by atoms with Crippen LogP contribution in [-0.4, -0.2) is 18.4 Å². The smallest absolute Gasteiger partial charge is 0.270 e. The van der Waals surface area contributed by atoms with Gasteiger partial charge in [-0.15, -0.1) is 0 Å². The largest absolute Gasteiger partial charge is 0.298 e. The van der Waals surface area contributed by atoms with E-state index in [2.05, 4.69) is 32.1 Å². The Labute approximate surface area is 172 Å². The molecule has 28 heavy (non-hydrogen) atoms. The van der Waals surface area contributed by atoms with Gasteiger partial charge < -0.3 is 0 Å². The first-order valence-electron chi connectivity index (χ1n) is 8.82. The molecule has 5 nitrogen and oxygen atoms in total. The van der Waals surface area contributed by atoms with Gasteiger partial charge in [0.05, 0.1) is 18.2 Å². The molecule has 0 saturated carbocycles. The Kier molecular flexibility index (Phi) is 6.94. The van der Waals surface area contributed by atoms with Crippen LogP contribution in [0.4, 0.5) is 0 Å². The Morgan fingerprint density at radius 3 is 1.86 bits per heavy atom. The van der Waals surface area contributed by atoms with Crippen LogP contribution in [0.1, 0.15) is 27.5 Å². The third-order valence-electron chi connectivity index (χ3n) is 4.17. The summed E-state index contributed by atoms with van der Waals surface area (Å²) in [5.41, 5.74) is 7.43. The molecule has 0 aliphatic rings. The molecule has 0 heterocycles. The van der Waals surface area contributed by atoms with E-state index in [0.717, 1.165) is 11.1 Å². The molecule has 2 amide bonds. The van der Waals surface area contributed by atoms with Crippen molar-refractivity contribution in [1.29, 1.82) is 0 Å². The van der Waals surface area contributed by atoms with E-state index >= 15 is 0 Å². The van der Waals surface area contributed by atoms with Gasteiger partial charge in [-0.1, -0.05) is 72.8 Å². The maximum Gasteiger partial charge on any atom is 0.270 e. The minimum absolute atomic E-state index is 0.0463. The van der Waals surface area contributed by atoms with Gasteiger partial charge in [-0.25, -0.2) is 0 Å². The van der Waals surface area contributed by atoms with Crippen LogP contribution in [0.25, 0.3) is 0 Å². The maximum atomic E-state index is 12.2.